The third kappa shape index (κ3) is 1.82. The molecule has 0 saturated carbocycles. The Balaban J connectivity index is 2.85. The summed E-state index contributed by atoms with van der Waals surface area (Å²) in [4.78, 5) is 4.33. The predicted octanol–water partition coefficient (Wildman–Crippen LogP) is 0.787. The summed E-state index contributed by atoms with van der Waals surface area (Å²) >= 11 is 0. The summed E-state index contributed by atoms with van der Waals surface area (Å²) < 4.78 is 1.76. The largest absolute Gasteiger partial charge is 0.322 e. The fraction of sp³-hybridized carbons (Fsp3) is 0.750. The van der Waals surface area contributed by atoms with E-state index < -0.39 is 0 Å². The van der Waals surface area contributed by atoms with Crippen molar-refractivity contribution < 1.29 is 0 Å². The molecule has 0 spiro atoms. The zero-order chi connectivity index (χ0) is 9.14. The fourth-order valence-corrected chi connectivity index (χ4v) is 1.18. The van der Waals surface area contributed by atoms with Crippen molar-refractivity contribution in [2.75, 3.05) is 0 Å². The molecule has 1 atom stereocenters. The van der Waals surface area contributed by atoms with Crippen LogP contribution in [0.3, 0.4) is 0 Å². The van der Waals surface area contributed by atoms with Crippen molar-refractivity contribution in [2.45, 2.75) is 32.7 Å². The molecule has 4 nitrogen and oxygen atoms in total. The zero-order valence-corrected chi connectivity index (χ0v) is 7.91. The van der Waals surface area contributed by atoms with Crippen molar-refractivity contribution >= 4 is 0 Å². The minimum atomic E-state index is -0.0342. The van der Waals surface area contributed by atoms with Gasteiger partial charge in [-0.2, -0.15) is 5.10 Å². The SMILES string of the molecule is CCCc1nc(C(C)N)n(C)n1. The molecular weight excluding hydrogens is 152 g/mol. The van der Waals surface area contributed by atoms with Gasteiger partial charge < -0.3 is 5.73 Å². The van der Waals surface area contributed by atoms with Gasteiger partial charge in [0, 0.05) is 13.5 Å². The van der Waals surface area contributed by atoms with E-state index in [4.69, 9.17) is 5.73 Å². The Morgan fingerprint density at radius 3 is 2.67 bits per heavy atom. The number of aromatic nitrogens is 3. The Morgan fingerprint density at radius 2 is 2.25 bits per heavy atom. The van der Waals surface area contributed by atoms with E-state index in [0.29, 0.717) is 0 Å². The third-order valence-electron chi connectivity index (χ3n) is 1.72. The van der Waals surface area contributed by atoms with Gasteiger partial charge in [-0.05, 0) is 13.3 Å². The Hall–Kier alpha value is -0.900. The van der Waals surface area contributed by atoms with Gasteiger partial charge in [-0.15, -0.1) is 0 Å². The molecule has 0 aliphatic heterocycles. The van der Waals surface area contributed by atoms with Crippen LogP contribution >= 0.6 is 0 Å². The Bertz CT molecular complexity index is 252. The second-order valence-electron chi connectivity index (χ2n) is 3.05. The van der Waals surface area contributed by atoms with E-state index in [1.54, 1.807) is 4.68 Å². The van der Waals surface area contributed by atoms with Crippen LogP contribution in [0.2, 0.25) is 0 Å². The van der Waals surface area contributed by atoms with Crippen molar-refractivity contribution in [2.24, 2.45) is 12.8 Å². The van der Waals surface area contributed by atoms with Crippen LogP contribution in [0.1, 0.15) is 38.0 Å². The van der Waals surface area contributed by atoms with Crippen LogP contribution in [0, 0.1) is 0 Å². The maximum atomic E-state index is 5.70. The van der Waals surface area contributed by atoms with E-state index in [9.17, 15) is 0 Å². The van der Waals surface area contributed by atoms with E-state index in [-0.39, 0.29) is 6.04 Å². The standard InChI is InChI=1S/C8H16N4/c1-4-5-7-10-8(6(2)9)12(3)11-7/h6H,4-5,9H2,1-3H3. The highest BCUT2D eigenvalue weighted by molar-refractivity contribution is 4.96. The average molecular weight is 168 g/mol. The minimum absolute atomic E-state index is 0.0342. The third-order valence-corrected chi connectivity index (χ3v) is 1.72. The quantitative estimate of drug-likeness (QED) is 0.725. The molecule has 1 rings (SSSR count). The first-order valence-electron chi connectivity index (χ1n) is 4.30. The average Bonchev–Trinajstić information content (AvgIpc) is 2.32. The van der Waals surface area contributed by atoms with Crippen molar-refractivity contribution in [3.05, 3.63) is 11.6 Å². The summed E-state index contributed by atoms with van der Waals surface area (Å²) in [5, 5.41) is 4.25. The Kier molecular flexibility index (Phi) is 2.81. The monoisotopic (exact) mass is 168 g/mol. The number of hydrogen-bond acceptors (Lipinski definition) is 3. The van der Waals surface area contributed by atoms with Gasteiger partial charge in [0.1, 0.15) is 5.82 Å². The maximum Gasteiger partial charge on any atom is 0.151 e. The molecule has 2 N–H and O–H groups in total. The second-order valence-corrected chi connectivity index (χ2v) is 3.05. The molecule has 1 aromatic heterocycles. The lowest BCUT2D eigenvalue weighted by atomic mass is 10.3. The zero-order valence-electron chi connectivity index (χ0n) is 7.91. The minimum Gasteiger partial charge on any atom is -0.322 e. The van der Waals surface area contributed by atoms with Crippen molar-refractivity contribution in [1.82, 2.24) is 14.8 Å². The molecule has 0 bridgehead atoms. The van der Waals surface area contributed by atoms with Crippen LogP contribution in [0.5, 0.6) is 0 Å². The topological polar surface area (TPSA) is 56.7 Å². The first kappa shape index (κ1) is 9.19. The molecule has 0 saturated heterocycles. The van der Waals surface area contributed by atoms with Crippen molar-refractivity contribution in [3.8, 4) is 0 Å². The highest BCUT2D eigenvalue weighted by Crippen LogP contribution is 2.06. The van der Waals surface area contributed by atoms with Crippen molar-refractivity contribution in [3.63, 3.8) is 0 Å². The van der Waals surface area contributed by atoms with Crippen LogP contribution < -0.4 is 5.73 Å². The van der Waals surface area contributed by atoms with Gasteiger partial charge in [-0.3, -0.25) is 4.68 Å². The molecule has 0 aliphatic rings. The summed E-state index contributed by atoms with van der Waals surface area (Å²) in [6.45, 7) is 4.03. The van der Waals surface area contributed by atoms with E-state index in [0.717, 1.165) is 24.5 Å². The Labute approximate surface area is 72.8 Å². The fourth-order valence-electron chi connectivity index (χ4n) is 1.18. The number of nitrogens with zero attached hydrogens (tertiary/aromatic N) is 3. The predicted molar refractivity (Wildman–Crippen MR) is 47.6 cm³/mol. The highest BCUT2D eigenvalue weighted by atomic mass is 15.3. The molecule has 68 valence electrons. The normalized spacial score (nSPS) is 13.3. The lowest BCUT2D eigenvalue weighted by Crippen LogP contribution is -2.11. The van der Waals surface area contributed by atoms with Gasteiger partial charge in [0.25, 0.3) is 0 Å². The molecule has 1 heterocycles. The molecule has 0 amide bonds. The Morgan fingerprint density at radius 1 is 1.58 bits per heavy atom. The molecule has 0 fully saturated rings. The molecule has 12 heavy (non-hydrogen) atoms. The summed E-state index contributed by atoms with van der Waals surface area (Å²) in [6.07, 6.45) is 2.00. The van der Waals surface area contributed by atoms with Crippen molar-refractivity contribution in [1.29, 1.82) is 0 Å². The summed E-state index contributed by atoms with van der Waals surface area (Å²) in [5.41, 5.74) is 5.70. The highest BCUT2D eigenvalue weighted by Gasteiger charge is 2.09. The van der Waals surface area contributed by atoms with Gasteiger partial charge in [0.15, 0.2) is 5.82 Å². The van der Waals surface area contributed by atoms with E-state index in [1.807, 2.05) is 14.0 Å². The lowest BCUT2D eigenvalue weighted by molar-refractivity contribution is 0.637. The first-order chi connectivity index (χ1) is 5.65. The van der Waals surface area contributed by atoms with E-state index in [1.165, 1.54) is 0 Å². The molecule has 0 aliphatic carbocycles. The number of hydrogen-bond donors (Lipinski definition) is 1. The second kappa shape index (κ2) is 3.67. The maximum absolute atomic E-state index is 5.70. The van der Waals surface area contributed by atoms with Crippen LogP contribution in [0.4, 0.5) is 0 Å². The van der Waals surface area contributed by atoms with Crippen LogP contribution in [0.25, 0.3) is 0 Å². The van der Waals surface area contributed by atoms with Gasteiger partial charge in [-0.1, -0.05) is 6.92 Å². The van der Waals surface area contributed by atoms with Crippen LogP contribution in [-0.4, -0.2) is 14.8 Å². The lowest BCUT2D eigenvalue weighted by Gasteiger charge is -2.01. The smallest absolute Gasteiger partial charge is 0.151 e. The van der Waals surface area contributed by atoms with Gasteiger partial charge in [0.05, 0.1) is 6.04 Å². The summed E-state index contributed by atoms with van der Waals surface area (Å²) in [6, 6.07) is -0.0342. The molecule has 0 radical (unpaired) electrons. The number of nitrogens with two attached hydrogens (primary N) is 1. The molecule has 0 aromatic carbocycles. The van der Waals surface area contributed by atoms with E-state index in [2.05, 4.69) is 17.0 Å². The van der Waals surface area contributed by atoms with Gasteiger partial charge in [0.2, 0.25) is 0 Å². The molecule has 1 unspecified atom stereocenters. The summed E-state index contributed by atoms with van der Waals surface area (Å²) in [5.74, 6) is 1.76. The van der Waals surface area contributed by atoms with Crippen LogP contribution in [-0.2, 0) is 13.5 Å². The number of aryl methyl sites for hydroxylation is 2. The van der Waals surface area contributed by atoms with Crippen LogP contribution in [0.15, 0.2) is 0 Å². The first-order valence-corrected chi connectivity index (χ1v) is 4.30. The number of rotatable bonds is 3. The van der Waals surface area contributed by atoms with Gasteiger partial charge >= 0.3 is 0 Å². The van der Waals surface area contributed by atoms with E-state index >= 15 is 0 Å². The molecule has 4 heteroatoms. The summed E-state index contributed by atoms with van der Waals surface area (Å²) in [7, 11) is 1.88. The van der Waals surface area contributed by atoms with Gasteiger partial charge in [-0.25, -0.2) is 4.98 Å². The molecular formula is C8H16N4. The molecule has 1 aromatic rings.